The highest BCUT2D eigenvalue weighted by molar-refractivity contribution is 5.53. The molecule has 1 aromatic rings. The van der Waals surface area contributed by atoms with Gasteiger partial charge in [0.15, 0.2) is 0 Å². The van der Waals surface area contributed by atoms with E-state index in [1.54, 1.807) is 13.4 Å². The van der Waals surface area contributed by atoms with E-state index in [4.69, 9.17) is 10.00 Å². The van der Waals surface area contributed by atoms with Crippen molar-refractivity contribution in [2.24, 2.45) is 0 Å². The first-order valence-electron chi connectivity index (χ1n) is 4.02. The molecule has 0 heterocycles. The van der Waals surface area contributed by atoms with Crippen molar-refractivity contribution in [2.75, 3.05) is 7.11 Å². The average Bonchev–Trinajstić information content (AvgIpc) is 2.17. The second-order valence-corrected chi connectivity index (χ2v) is 2.57. The molecule has 0 aliphatic carbocycles. The lowest BCUT2D eigenvalue weighted by molar-refractivity contribution is 0.341. The molecule has 1 aromatic carbocycles. The van der Waals surface area contributed by atoms with Gasteiger partial charge in [0, 0.05) is 0 Å². The van der Waals surface area contributed by atoms with Crippen LogP contribution in [0.25, 0.3) is 6.08 Å². The molecular formula is C11H11NO. The zero-order chi connectivity index (χ0) is 9.52. The molecule has 66 valence electrons. The van der Waals surface area contributed by atoms with Crippen molar-refractivity contribution in [3.8, 4) is 6.07 Å². The summed E-state index contributed by atoms with van der Waals surface area (Å²) in [6, 6.07) is 9.90. The normalized spacial score (nSPS) is 9.85. The summed E-state index contributed by atoms with van der Waals surface area (Å²) in [7, 11) is 1.60. The maximum atomic E-state index is 8.56. The Morgan fingerprint density at radius 3 is 2.92 bits per heavy atom. The van der Waals surface area contributed by atoms with Gasteiger partial charge in [-0.1, -0.05) is 24.3 Å². The van der Waals surface area contributed by atoms with Crippen LogP contribution >= 0.6 is 0 Å². The van der Waals surface area contributed by atoms with Crippen LogP contribution in [0.5, 0.6) is 0 Å². The molecule has 0 saturated heterocycles. The number of hydrogen-bond acceptors (Lipinski definition) is 2. The summed E-state index contributed by atoms with van der Waals surface area (Å²) in [6.07, 6.45) is 3.90. The van der Waals surface area contributed by atoms with E-state index < -0.39 is 0 Å². The molecule has 0 spiro atoms. The van der Waals surface area contributed by atoms with Crippen LogP contribution in [0.1, 0.15) is 11.1 Å². The summed E-state index contributed by atoms with van der Waals surface area (Å²) >= 11 is 0. The maximum Gasteiger partial charge on any atom is 0.0830 e. The van der Waals surface area contributed by atoms with Gasteiger partial charge in [0.2, 0.25) is 0 Å². The van der Waals surface area contributed by atoms with Gasteiger partial charge in [-0.2, -0.15) is 5.26 Å². The molecule has 0 aromatic heterocycles. The molecule has 13 heavy (non-hydrogen) atoms. The van der Waals surface area contributed by atoms with E-state index >= 15 is 0 Å². The van der Waals surface area contributed by atoms with E-state index in [9.17, 15) is 0 Å². The number of nitriles is 1. The highest BCUT2D eigenvalue weighted by atomic mass is 16.5. The minimum atomic E-state index is 0.435. The molecule has 0 atom stereocenters. The van der Waals surface area contributed by atoms with Gasteiger partial charge in [-0.15, -0.1) is 0 Å². The maximum absolute atomic E-state index is 8.56. The van der Waals surface area contributed by atoms with Crippen molar-refractivity contribution in [1.29, 1.82) is 5.26 Å². The van der Waals surface area contributed by atoms with Crippen LogP contribution in [0.2, 0.25) is 0 Å². The van der Waals surface area contributed by atoms with Crippen LogP contribution in [0, 0.1) is 11.3 Å². The Labute approximate surface area is 78.1 Å². The molecule has 0 bridgehead atoms. The van der Waals surface area contributed by atoms with Crippen LogP contribution in [0.3, 0.4) is 0 Å². The number of rotatable bonds is 3. The van der Waals surface area contributed by atoms with Crippen LogP contribution < -0.4 is 0 Å². The van der Waals surface area contributed by atoms with Crippen LogP contribution in [0.15, 0.2) is 30.5 Å². The van der Waals surface area contributed by atoms with Gasteiger partial charge in [-0.3, -0.25) is 0 Å². The highest BCUT2D eigenvalue weighted by Gasteiger charge is 1.96. The van der Waals surface area contributed by atoms with Crippen LogP contribution in [-0.2, 0) is 11.2 Å². The average molecular weight is 173 g/mol. The molecule has 2 nitrogen and oxygen atoms in total. The van der Waals surface area contributed by atoms with Crippen LogP contribution in [-0.4, -0.2) is 7.11 Å². The molecule has 0 radical (unpaired) electrons. The van der Waals surface area contributed by atoms with E-state index in [0.29, 0.717) is 6.42 Å². The van der Waals surface area contributed by atoms with E-state index in [-0.39, 0.29) is 0 Å². The van der Waals surface area contributed by atoms with E-state index in [1.807, 2.05) is 30.3 Å². The quantitative estimate of drug-likeness (QED) is 0.657. The van der Waals surface area contributed by atoms with Crippen molar-refractivity contribution < 1.29 is 4.74 Å². The fraction of sp³-hybridized carbons (Fsp3) is 0.182. The Morgan fingerprint density at radius 1 is 1.46 bits per heavy atom. The van der Waals surface area contributed by atoms with Gasteiger partial charge in [0.1, 0.15) is 0 Å². The van der Waals surface area contributed by atoms with E-state index in [0.717, 1.165) is 11.1 Å². The Balaban J connectivity index is 2.92. The Kier molecular flexibility index (Phi) is 3.59. The minimum absolute atomic E-state index is 0.435. The molecular weight excluding hydrogens is 162 g/mol. The van der Waals surface area contributed by atoms with Gasteiger partial charge in [-0.25, -0.2) is 0 Å². The zero-order valence-electron chi connectivity index (χ0n) is 7.53. The fourth-order valence-electron chi connectivity index (χ4n) is 1.08. The lowest BCUT2D eigenvalue weighted by Gasteiger charge is -1.99. The van der Waals surface area contributed by atoms with Crippen molar-refractivity contribution in [1.82, 2.24) is 0 Å². The predicted octanol–water partition coefficient (Wildman–Crippen LogP) is 2.37. The topological polar surface area (TPSA) is 33.0 Å². The van der Waals surface area contributed by atoms with Crippen LogP contribution in [0.4, 0.5) is 0 Å². The Bertz CT molecular complexity index is 336. The number of methoxy groups -OCH3 is 1. The monoisotopic (exact) mass is 173 g/mol. The van der Waals surface area contributed by atoms with E-state index in [2.05, 4.69) is 6.07 Å². The predicted molar refractivity (Wildman–Crippen MR) is 51.8 cm³/mol. The number of ether oxygens (including phenoxy) is 1. The summed E-state index contributed by atoms with van der Waals surface area (Å²) in [5.74, 6) is 0. The van der Waals surface area contributed by atoms with E-state index in [1.165, 1.54) is 0 Å². The first-order chi connectivity index (χ1) is 6.38. The lowest BCUT2D eigenvalue weighted by Crippen LogP contribution is -1.85. The smallest absolute Gasteiger partial charge is 0.0830 e. The summed E-state index contributed by atoms with van der Waals surface area (Å²) in [5, 5.41) is 8.56. The summed E-state index contributed by atoms with van der Waals surface area (Å²) in [6.45, 7) is 0. The molecule has 0 unspecified atom stereocenters. The first-order valence-corrected chi connectivity index (χ1v) is 4.02. The molecule has 1 rings (SSSR count). The molecule has 0 saturated carbocycles. The second-order valence-electron chi connectivity index (χ2n) is 2.57. The van der Waals surface area contributed by atoms with Crippen molar-refractivity contribution in [2.45, 2.75) is 6.42 Å². The van der Waals surface area contributed by atoms with Crippen molar-refractivity contribution in [3.63, 3.8) is 0 Å². The summed E-state index contributed by atoms with van der Waals surface area (Å²) < 4.78 is 4.82. The number of nitrogens with zero attached hydrogens (tertiary/aromatic N) is 1. The standard InChI is InChI=1S/C11H11NO/c1-13-9-7-11-5-3-2-4-10(11)6-8-12/h2-5,7,9H,6H2,1H3. The number of hydrogen-bond donors (Lipinski definition) is 0. The Hall–Kier alpha value is -1.75. The largest absolute Gasteiger partial charge is 0.504 e. The van der Waals surface area contributed by atoms with Gasteiger partial charge in [-0.05, 0) is 17.2 Å². The minimum Gasteiger partial charge on any atom is -0.504 e. The highest BCUT2D eigenvalue weighted by Crippen LogP contribution is 2.10. The van der Waals surface area contributed by atoms with Gasteiger partial charge >= 0.3 is 0 Å². The third kappa shape index (κ3) is 2.64. The first kappa shape index (κ1) is 9.34. The summed E-state index contributed by atoms with van der Waals surface area (Å²) in [5.41, 5.74) is 2.06. The van der Waals surface area contributed by atoms with Gasteiger partial charge in [0.25, 0.3) is 0 Å². The van der Waals surface area contributed by atoms with Gasteiger partial charge < -0.3 is 4.74 Å². The molecule has 0 aliphatic heterocycles. The van der Waals surface area contributed by atoms with Crippen molar-refractivity contribution in [3.05, 3.63) is 41.7 Å². The third-order valence-electron chi connectivity index (χ3n) is 1.71. The molecule has 0 amide bonds. The third-order valence-corrected chi connectivity index (χ3v) is 1.71. The molecule has 0 aliphatic rings. The molecule has 0 fully saturated rings. The zero-order valence-corrected chi connectivity index (χ0v) is 7.53. The van der Waals surface area contributed by atoms with Gasteiger partial charge in [0.05, 0.1) is 25.9 Å². The lowest BCUT2D eigenvalue weighted by atomic mass is 10.1. The Morgan fingerprint density at radius 2 is 2.23 bits per heavy atom. The van der Waals surface area contributed by atoms with Crippen molar-refractivity contribution >= 4 is 6.08 Å². The SMILES string of the molecule is COC=Cc1ccccc1CC#N. The fourth-order valence-corrected chi connectivity index (χ4v) is 1.08. The summed E-state index contributed by atoms with van der Waals surface area (Å²) in [4.78, 5) is 0. The molecule has 2 heteroatoms. The second kappa shape index (κ2) is 5.00. The number of benzene rings is 1. The molecule has 0 N–H and O–H groups in total.